The van der Waals surface area contributed by atoms with Gasteiger partial charge >= 0.3 is 0 Å². The molecule has 0 radical (unpaired) electrons. The predicted octanol–water partition coefficient (Wildman–Crippen LogP) is 1.67. The summed E-state index contributed by atoms with van der Waals surface area (Å²) in [5.74, 6) is 2.45. The number of benzene rings is 1. The molecule has 0 atom stereocenters. The summed E-state index contributed by atoms with van der Waals surface area (Å²) >= 11 is 0. The van der Waals surface area contributed by atoms with Crippen molar-refractivity contribution < 1.29 is 4.74 Å². The van der Waals surface area contributed by atoms with E-state index < -0.39 is 0 Å². The first kappa shape index (κ1) is 13.9. The van der Waals surface area contributed by atoms with Gasteiger partial charge in [0.1, 0.15) is 5.75 Å². The summed E-state index contributed by atoms with van der Waals surface area (Å²) in [4.78, 5) is 6.83. The van der Waals surface area contributed by atoms with E-state index in [1.807, 2.05) is 31.2 Å². The van der Waals surface area contributed by atoms with Crippen LogP contribution in [0.4, 0.5) is 5.95 Å². The fraction of sp³-hybridized carbons (Fsp3) is 0.467. The first-order valence-electron chi connectivity index (χ1n) is 7.48. The summed E-state index contributed by atoms with van der Waals surface area (Å²) in [6.07, 6.45) is 1.12. The summed E-state index contributed by atoms with van der Waals surface area (Å²) in [5, 5.41) is 10.8. The monoisotopic (exact) mass is 287 g/mol. The highest BCUT2D eigenvalue weighted by molar-refractivity contribution is 5.57. The van der Waals surface area contributed by atoms with Crippen LogP contribution in [0.5, 0.6) is 5.75 Å². The van der Waals surface area contributed by atoms with Gasteiger partial charge in [-0.2, -0.15) is 4.98 Å². The molecule has 2 aromatic rings. The van der Waals surface area contributed by atoms with Crippen molar-refractivity contribution in [3.05, 3.63) is 24.3 Å². The van der Waals surface area contributed by atoms with E-state index in [2.05, 4.69) is 25.4 Å². The molecule has 21 heavy (non-hydrogen) atoms. The van der Waals surface area contributed by atoms with Crippen molar-refractivity contribution in [1.82, 2.24) is 20.5 Å². The molecule has 1 fully saturated rings. The Hall–Kier alpha value is -2.08. The minimum absolute atomic E-state index is 0.675. The van der Waals surface area contributed by atoms with Crippen molar-refractivity contribution in [3.63, 3.8) is 0 Å². The Labute approximate surface area is 124 Å². The van der Waals surface area contributed by atoms with Crippen LogP contribution in [0.15, 0.2) is 24.3 Å². The second-order valence-corrected chi connectivity index (χ2v) is 5.03. The molecule has 112 valence electrons. The van der Waals surface area contributed by atoms with E-state index >= 15 is 0 Å². The molecule has 1 aliphatic heterocycles. The zero-order valence-electron chi connectivity index (χ0n) is 12.3. The smallest absolute Gasteiger partial charge is 0.245 e. The van der Waals surface area contributed by atoms with Crippen LogP contribution in [0, 0.1) is 0 Å². The van der Waals surface area contributed by atoms with Crippen molar-refractivity contribution in [2.24, 2.45) is 0 Å². The van der Waals surface area contributed by atoms with Gasteiger partial charge in [0, 0.05) is 25.2 Å². The van der Waals surface area contributed by atoms with Crippen molar-refractivity contribution in [2.75, 3.05) is 37.7 Å². The third-order valence-electron chi connectivity index (χ3n) is 3.54. The SMILES string of the molecule is CCOc1ccc(-c2nc(N3CCCNCC3)n[nH]2)cc1. The number of hydrogen-bond acceptors (Lipinski definition) is 5. The first-order valence-corrected chi connectivity index (χ1v) is 7.48. The van der Waals surface area contributed by atoms with Crippen LogP contribution in [0.2, 0.25) is 0 Å². The number of rotatable bonds is 4. The number of nitrogens with zero attached hydrogens (tertiary/aromatic N) is 3. The van der Waals surface area contributed by atoms with Crippen molar-refractivity contribution in [2.45, 2.75) is 13.3 Å². The fourth-order valence-electron chi connectivity index (χ4n) is 2.44. The third-order valence-corrected chi connectivity index (χ3v) is 3.54. The topological polar surface area (TPSA) is 66.1 Å². The van der Waals surface area contributed by atoms with E-state index in [9.17, 15) is 0 Å². The summed E-state index contributed by atoms with van der Waals surface area (Å²) in [6, 6.07) is 7.91. The van der Waals surface area contributed by atoms with E-state index in [0.29, 0.717) is 6.61 Å². The van der Waals surface area contributed by atoms with E-state index in [-0.39, 0.29) is 0 Å². The lowest BCUT2D eigenvalue weighted by atomic mass is 10.2. The van der Waals surface area contributed by atoms with Crippen LogP contribution in [0.3, 0.4) is 0 Å². The zero-order valence-corrected chi connectivity index (χ0v) is 12.3. The maximum atomic E-state index is 5.45. The second kappa shape index (κ2) is 6.58. The van der Waals surface area contributed by atoms with Crippen LogP contribution >= 0.6 is 0 Å². The molecule has 3 rings (SSSR count). The molecule has 1 saturated heterocycles. The highest BCUT2D eigenvalue weighted by Gasteiger charge is 2.14. The highest BCUT2D eigenvalue weighted by Crippen LogP contribution is 2.21. The van der Waals surface area contributed by atoms with Gasteiger partial charge in [-0.05, 0) is 44.2 Å². The highest BCUT2D eigenvalue weighted by atomic mass is 16.5. The van der Waals surface area contributed by atoms with E-state index in [4.69, 9.17) is 4.74 Å². The van der Waals surface area contributed by atoms with Gasteiger partial charge in [-0.1, -0.05) is 0 Å². The van der Waals surface area contributed by atoms with Crippen LogP contribution in [0.25, 0.3) is 11.4 Å². The minimum atomic E-state index is 0.675. The van der Waals surface area contributed by atoms with Gasteiger partial charge in [0.15, 0.2) is 5.82 Å². The number of aromatic amines is 1. The molecule has 1 aromatic carbocycles. The lowest BCUT2D eigenvalue weighted by Crippen LogP contribution is -2.28. The zero-order chi connectivity index (χ0) is 14.5. The molecule has 1 aliphatic rings. The Balaban J connectivity index is 1.74. The Morgan fingerprint density at radius 3 is 2.86 bits per heavy atom. The van der Waals surface area contributed by atoms with Gasteiger partial charge in [0.05, 0.1) is 6.61 Å². The predicted molar refractivity (Wildman–Crippen MR) is 82.7 cm³/mol. The second-order valence-electron chi connectivity index (χ2n) is 5.03. The average molecular weight is 287 g/mol. The fourth-order valence-corrected chi connectivity index (χ4v) is 2.44. The molecule has 1 aromatic heterocycles. The van der Waals surface area contributed by atoms with Crippen LogP contribution in [-0.4, -0.2) is 48.0 Å². The Kier molecular flexibility index (Phi) is 4.35. The largest absolute Gasteiger partial charge is 0.494 e. The molecule has 0 aliphatic carbocycles. The minimum Gasteiger partial charge on any atom is -0.494 e. The molecule has 0 bridgehead atoms. The molecule has 0 unspecified atom stereocenters. The van der Waals surface area contributed by atoms with Crippen LogP contribution in [-0.2, 0) is 0 Å². The van der Waals surface area contributed by atoms with Crippen molar-refractivity contribution >= 4 is 5.95 Å². The molecule has 6 nitrogen and oxygen atoms in total. The molecular formula is C15H21N5O. The Bertz CT molecular complexity index is 558. The van der Waals surface area contributed by atoms with Gasteiger partial charge in [0.2, 0.25) is 5.95 Å². The molecular weight excluding hydrogens is 266 g/mol. The van der Waals surface area contributed by atoms with E-state index in [0.717, 1.165) is 55.7 Å². The number of anilines is 1. The maximum Gasteiger partial charge on any atom is 0.245 e. The summed E-state index contributed by atoms with van der Waals surface area (Å²) in [5.41, 5.74) is 1.02. The standard InChI is InChI=1S/C15H21N5O/c1-2-21-13-6-4-12(5-7-13)14-17-15(19-18-14)20-10-3-8-16-9-11-20/h4-7,16H,2-3,8-11H2,1H3,(H,17,18,19). The van der Waals surface area contributed by atoms with Gasteiger partial charge in [-0.25, -0.2) is 0 Å². The number of H-pyrrole nitrogens is 1. The van der Waals surface area contributed by atoms with Gasteiger partial charge in [-0.3, -0.25) is 5.10 Å². The quantitative estimate of drug-likeness (QED) is 0.895. The molecule has 0 amide bonds. The summed E-state index contributed by atoms with van der Waals surface area (Å²) < 4.78 is 5.45. The van der Waals surface area contributed by atoms with E-state index in [1.165, 1.54) is 0 Å². The summed E-state index contributed by atoms with van der Waals surface area (Å²) in [6.45, 7) is 6.63. The Morgan fingerprint density at radius 2 is 2.05 bits per heavy atom. The van der Waals surface area contributed by atoms with Gasteiger partial charge < -0.3 is 15.0 Å². The molecule has 2 N–H and O–H groups in total. The molecule has 6 heteroatoms. The lowest BCUT2D eigenvalue weighted by Gasteiger charge is -2.16. The van der Waals surface area contributed by atoms with Crippen molar-refractivity contribution in [1.29, 1.82) is 0 Å². The normalized spacial score (nSPS) is 15.8. The summed E-state index contributed by atoms with van der Waals surface area (Å²) in [7, 11) is 0. The third kappa shape index (κ3) is 3.33. The Morgan fingerprint density at radius 1 is 1.19 bits per heavy atom. The lowest BCUT2D eigenvalue weighted by molar-refractivity contribution is 0.340. The first-order chi connectivity index (χ1) is 10.4. The number of nitrogens with one attached hydrogen (secondary N) is 2. The van der Waals surface area contributed by atoms with E-state index in [1.54, 1.807) is 0 Å². The molecule has 0 saturated carbocycles. The van der Waals surface area contributed by atoms with Crippen LogP contribution < -0.4 is 15.0 Å². The molecule has 0 spiro atoms. The maximum absolute atomic E-state index is 5.45. The molecule has 2 heterocycles. The van der Waals surface area contributed by atoms with Crippen molar-refractivity contribution in [3.8, 4) is 17.1 Å². The van der Waals surface area contributed by atoms with Crippen LogP contribution in [0.1, 0.15) is 13.3 Å². The average Bonchev–Trinajstić information content (AvgIpc) is 2.84. The number of hydrogen-bond donors (Lipinski definition) is 2. The number of ether oxygens (including phenoxy) is 1. The van der Waals surface area contributed by atoms with Gasteiger partial charge in [0.25, 0.3) is 0 Å². The van der Waals surface area contributed by atoms with Gasteiger partial charge in [-0.15, -0.1) is 5.10 Å². The number of aromatic nitrogens is 3.